The van der Waals surface area contributed by atoms with Crippen LogP contribution in [0.2, 0.25) is 0 Å². The molecule has 2 aromatic rings. The first-order valence-corrected chi connectivity index (χ1v) is 12.2. The third kappa shape index (κ3) is 7.69. The van der Waals surface area contributed by atoms with Gasteiger partial charge < -0.3 is 4.90 Å². The first-order valence-electron chi connectivity index (χ1n) is 10.4. The molecule has 0 aliphatic carbocycles. The van der Waals surface area contributed by atoms with Crippen LogP contribution in [0, 0.1) is 0 Å². The highest BCUT2D eigenvalue weighted by molar-refractivity contribution is 7.99. The van der Waals surface area contributed by atoms with Gasteiger partial charge >= 0.3 is 0 Å². The van der Waals surface area contributed by atoms with Gasteiger partial charge in [-0.05, 0) is 68.7 Å². The van der Waals surface area contributed by atoms with Gasteiger partial charge in [-0.1, -0.05) is 45.6 Å². The van der Waals surface area contributed by atoms with Crippen LogP contribution < -0.4 is 0 Å². The topological polar surface area (TPSA) is 33.2 Å². The maximum absolute atomic E-state index is 12.8. The van der Waals surface area contributed by atoms with E-state index in [2.05, 4.69) is 32.8 Å². The lowest BCUT2D eigenvalue weighted by molar-refractivity contribution is 0.103. The molecule has 2 aromatic heterocycles. The van der Waals surface area contributed by atoms with Gasteiger partial charge in [-0.2, -0.15) is 0 Å². The second-order valence-corrected chi connectivity index (χ2v) is 9.85. The maximum Gasteiger partial charge on any atom is 0.205 e. The number of hydrogen-bond acceptors (Lipinski definition) is 5. The molecule has 0 amide bonds. The summed E-state index contributed by atoms with van der Waals surface area (Å²) in [6, 6.07) is 7.80. The number of carbonyl (C=O) groups excluding carboxylic acids is 1. The summed E-state index contributed by atoms with van der Waals surface area (Å²) in [5.74, 6) is 1.49. The molecular weight excluding hydrogens is 384 g/mol. The molecular formula is C23H34N2OS2. The van der Waals surface area contributed by atoms with E-state index in [4.69, 9.17) is 4.98 Å². The number of unbranched alkanes of at least 4 members (excludes halogenated alkanes) is 5. The van der Waals surface area contributed by atoms with E-state index in [0.717, 1.165) is 26.9 Å². The predicted molar refractivity (Wildman–Crippen MR) is 123 cm³/mol. The quantitative estimate of drug-likeness (QED) is 0.211. The van der Waals surface area contributed by atoms with Crippen molar-refractivity contribution in [2.24, 2.45) is 0 Å². The van der Waals surface area contributed by atoms with Gasteiger partial charge in [0.05, 0.1) is 10.4 Å². The Labute approximate surface area is 179 Å². The zero-order valence-corrected chi connectivity index (χ0v) is 19.4. The Morgan fingerprint density at radius 2 is 1.79 bits per heavy atom. The zero-order chi connectivity index (χ0) is 20.4. The van der Waals surface area contributed by atoms with Crippen molar-refractivity contribution < 1.29 is 4.79 Å². The first kappa shape index (κ1) is 23.1. The molecule has 0 saturated carbocycles. The van der Waals surface area contributed by atoms with Crippen LogP contribution in [0.15, 0.2) is 34.7 Å². The largest absolute Gasteiger partial charge is 0.309 e. The highest BCUT2D eigenvalue weighted by atomic mass is 32.2. The lowest BCUT2D eigenvalue weighted by Gasteiger charge is -2.11. The summed E-state index contributed by atoms with van der Waals surface area (Å²) in [6.45, 7) is 5.48. The fourth-order valence-electron chi connectivity index (χ4n) is 3.01. The number of thioether (sulfide) groups is 1. The van der Waals surface area contributed by atoms with Gasteiger partial charge in [0.15, 0.2) is 0 Å². The first-order chi connectivity index (χ1) is 13.5. The molecule has 0 N–H and O–H groups in total. The molecule has 0 unspecified atom stereocenters. The summed E-state index contributed by atoms with van der Waals surface area (Å²) in [7, 11) is 4.27. The van der Waals surface area contributed by atoms with Crippen LogP contribution in [0.5, 0.6) is 0 Å². The lowest BCUT2D eigenvalue weighted by atomic mass is 10.1. The van der Waals surface area contributed by atoms with Crippen molar-refractivity contribution in [1.82, 2.24) is 9.88 Å². The summed E-state index contributed by atoms with van der Waals surface area (Å²) >= 11 is 3.24. The molecule has 2 rings (SSSR count). The molecule has 0 aromatic carbocycles. The van der Waals surface area contributed by atoms with E-state index < -0.39 is 0 Å². The van der Waals surface area contributed by atoms with Crippen molar-refractivity contribution in [3.8, 4) is 0 Å². The second kappa shape index (κ2) is 12.4. The molecule has 0 aliphatic rings. The van der Waals surface area contributed by atoms with Crippen LogP contribution in [-0.2, 0) is 0 Å². The molecule has 3 nitrogen and oxygen atoms in total. The number of pyridine rings is 1. The Balaban J connectivity index is 1.85. The van der Waals surface area contributed by atoms with Crippen LogP contribution >= 0.6 is 23.1 Å². The van der Waals surface area contributed by atoms with E-state index in [0.29, 0.717) is 5.92 Å². The number of ketones is 1. The van der Waals surface area contributed by atoms with E-state index >= 15 is 0 Å². The average Bonchev–Trinajstić information content (AvgIpc) is 3.20. The summed E-state index contributed by atoms with van der Waals surface area (Å²) in [4.78, 5) is 20.7. The predicted octanol–water partition coefficient (Wildman–Crippen LogP) is 6.49. The molecule has 5 heteroatoms. The van der Waals surface area contributed by atoms with E-state index in [9.17, 15) is 4.79 Å². The monoisotopic (exact) mass is 418 g/mol. The molecule has 0 atom stereocenters. The summed E-state index contributed by atoms with van der Waals surface area (Å²) in [6.07, 6.45) is 7.67. The molecule has 0 aliphatic heterocycles. The van der Waals surface area contributed by atoms with Crippen molar-refractivity contribution in [2.75, 3.05) is 26.4 Å². The van der Waals surface area contributed by atoms with Gasteiger partial charge in [-0.15, -0.1) is 23.1 Å². The average molecular weight is 419 g/mol. The van der Waals surface area contributed by atoms with Crippen LogP contribution in [-0.4, -0.2) is 42.1 Å². The van der Waals surface area contributed by atoms with Gasteiger partial charge in [0.25, 0.3) is 0 Å². The van der Waals surface area contributed by atoms with E-state index in [1.165, 1.54) is 56.4 Å². The summed E-state index contributed by atoms with van der Waals surface area (Å²) in [5, 5.41) is 2.85. The normalized spacial score (nSPS) is 11.5. The number of aromatic nitrogens is 1. The van der Waals surface area contributed by atoms with E-state index in [-0.39, 0.29) is 5.78 Å². The maximum atomic E-state index is 12.8. The molecule has 0 saturated heterocycles. The van der Waals surface area contributed by atoms with Gasteiger partial charge in [0.2, 0.25) is 5.78 Å². The summed E-state index contributed by atoms with van der Waals surface area (Å²) < 4.78 is 0. The van der Waals surface area contributed by atoms with Gasteiger partial charge in [0, 0.05) is 5.69 Å². The highest BCUT2D eigenvalue weighted by Gasteiger charge is 2.17. The standard InChI is InChI=1S/C23H34N2OS2/c1-18(2)20-14-13-19(22(26)21-12-11-17-27-21)23(24-20)28-16-10-8-6-5-7-9-15-25(3)4/h11-14,17-18H,5-10,15-16H2,1-4H3. The molecule has 0 spiro atoms. The lowest BCUT2D eigenvalue weighted by Crippen LogP contribution is -2.12. The van der Waals surface area contributed by atoms with Crippen molar-refractivity contribution in [1.29, 1.82) is 0 Å². The Bertz CT molecular complexity index is 711. The highest BCUT2D eigenvalue weighted by Crippen LogP contribution is 2.28. The molecule has 0 bridgehead atoms. The minimum Gasteiger partial charge on any atom is -0.309 e. The zero-order valence-electron chi connectivity index (χ0n) is 17.7. The third-order valence-corrected chi connectivity index (χ3v) is 6.65. The number of rotatable bonds is 13. The Kier molecular flexibility index (Phi) is 10.2. The van der Waals surface area contributed by atoms with E-state index in [1.54, 1.807) is 11.8 Å². The van der Waals surface area contributed by atoms with Crippen molar-refractivity contribution in [3.05, 3.63) is 45.8 Å². The molecule has 2 heterocycles. The van der Waals surface area contributed by atoms with Crippen LogP contribution in [0.25, 0.3) is 0 Å². The molecule has 0 fully saturated rings. The Hall–Kier alpha value is -1.17. The van der Waals surface area contributed by atoms with E-state index in [1.807, 2.05) is 29.6 Å². The van der Waals surface area contributed by atoms with Crippen LogP contribution in [0.3, 0.4) is 0 Å². The number of carbonyl (C=O) groups is 1. The number of hydrogen-bond donors (Lipinski definition) is 0. The van der Waals surface area contributed by atoms with Crippen LogP contribution in [0.4, 0.5) is 0 Å². The molecule has 0 radical (unpaired) electrons. The van der Waals surface area contributed by atoms with Crippen molar-refractivity contribution in [3.63, 3.8) is 0 Å². The summed E-state index contributed by atoms with van der Waals surface area (Å²) in [5.41, 5.74) is 1.81. The minimum atomic E-state index is 0.0983. The van der Waals surface area contributed by atoms with Gasteiger partial charge in [-0.3, -0.25) is 4.79 Å². The van der Waals surface area contributed by atoms with Crippen molar-refractivity contribution in [2.45, 2.75) is 63.3 Å². The van der Waals surface area contributed by atoms with Gasteiger partial charge in [-0.25, -0.2) is 4.98 Å². The number of nitrogens with zero attached hydrogens (tertiary/aromatic N) is 2. The SMILES string of the molecule is CC(C)c1ccc(C(=O)c2cccs2)c(SCCCCCCCCN(C)C)n1. The Morgan fingerprint density at radius 3 is 2.43 bits per heavy atom. The van der Waals surface area contributed by atoms with Crippen molar-refractivity contribution >= 4 is 28.9 Å². The fourth-order valence-corrected chi connectivity index (χ4v) is 4.71. The molecule has 28 heavy (non-hydrogen) atoms. The Morgan fingerprint density at radius 1 is 1.07 bits per heavy atom. The van der Waals surface area contributed by atoms with Gasteiger partial charge in [0.1, 0.15) is 5.03 Å². The van der Waals surface area contributed by atoms with Crippen LogP contribution in [0.1, 0.15) is 79.2 Å². The third-order valence-electron chi connectivity index (χ3n) is 4.70. The smallest absolute Gasteiger partial charge is 0.205 e. The minimum absolute atomic E-state index is 0.0983. The fraction of sp³-hybridized carbons (Fsp3) is 0.565. The second-order valence-electron chi connectivity index (χ2n) is 7.82. The molecule has 154 valence electrons. The number of thiophene rings is 1.